The molecule has 0 amide bonds. The Hall–Kier alpha value is -5.20. The van der Waals surface area contributed by atoms with Crippen LogP contribution in [-0.2, 0) is 0 Å². The Balaban J connectivity index is 0.000000134. The highest BCUT2D eigenvalue weighted by atomic mass is 14.2. The van der Waals surface area contributed by atoms with Crippen LogP contribution in [0.4, 0.5) is 0 Å². The maximum Gasteiger partial charge on any atom is -0.00139 e. The molecular formula is C45H40. The smallest absolute Gasteiger partial charge is 0.00139 e. The zero-order valence-electron chi connectivity index (χ0n) is 24.6. The minimum atomic E-state index is 0. The molecule has 0 aromatic heterocycles. The Bertz CT molecular complexity index is 2020. The van der Waals surface area contributed by atoms with Crippen LogP contribution in [0, 0.1) is 5.92 Å². The first-order valence-electron chi connectivity index (χ1n) is 15.2. The predicted molar refractivity (Wildman–Crippen MR) is 205 cm³/mol. The van der Waals surface area contributed by atoms with Crippen LogP contribution in [0.3, 0.4) is 0 Å². The average Bonchev–Trinajstić information content (AvgIpc) is 3.45. The van der Waals surface area contributed by atoms with E-state index in [-0.39, 0.29) is 14.9 Å². The fraction of sp³-hybridized carbons (Fsp3) is 0.111. The highest BCUT2D eigenvalue weighted by Gasteiger charge is 2.19. The second-order valence-electron chi connectivity index (χ2n) is 11.9. The highest BCUT2D eigenvalue weighted by Crippen LogP contribution is 2.47. The summed E-state index contributed by atoms with van der Waals surface area (Å²) in [6.45, 7) is 7.77. The molecule has 0 spiro atoms. The molecule has 0 radical (unpaired) electrons. The quantitative estimate of drug-likeness (QED) is 0.134. The number of hydrogen-bond donors (Lipinski definition) is 0. The van der Waals surface area contributed by atoms with Crippen LogP contribution in [0.2, 0.25) is 0 Å². The predicted octanol–water partition coefficient (Wildman–Crippen LogP) is 14.0. The van der Waals surface area contributed by atoms with Gasteiger partial charge in [0.25, 0.3) is 0 Å². The molecule has 0 saturated heterocycles. The molecule has 0 heterocycles. The van der Waals surface area contributed by atoms with Gasteiger partial charge in [-0.15, -0.1) is 6.58 Å². The van der Waals surface area contributed by atoms with E-state index in [1.165, 1.54) is 86.2 Å². The van der Waals surface area contributed by atoms with Crippen molar-refractivity contribution in [2.45, 2.75) is 28.7 Å². The Morgan fingerprint density at radius 1 is 0.356 bits per heavy atom. The highest BCUT2D eigenvalue weighted by molar-refractivity contribution is 6.44. The number of benzene rings is 9. The van der Waals surface area contributed by atoms with Gasteiger partial charge in [-0.25, -0.2) is 0 Å². The molecule has 0 heteroatoms. The summed E-state index contributed by atoms with van der Waals surface area (Å²) in [7, 11) is 0. The zero-order chi connectivity index (χ0) is 29.1. The van der Waals surface area contributed by atoms with Crippen molar-refractivity contribution in [1.29, 1.82) is 0 Å². The first-order valence-corrected chi connectivity index (χ1v) is 15.2. The first-order chi connectivity index (χ1) is 21.1. The van der Waals surface area contributed by atoms with Crippen molar-refractivity contribution in [3.63, 3.8) is 0 Å². The Kier molecular flexibility index (Phi) is 7.77. The summed E-state index contributed by atoms with van der Waals surface area (Å²) in [6.07, 6.45) is 1.92. The Labute approximate surface area is 266 Å². The van der Waals surface area contributed by atoms with Crippen LogP contribution in [-0.4, -0.2) is 0 Å². The molecule has 0 bridgehead atoms. The van der Waals surface area contributed by atoms with Crippen LogP contribution >= 0.6 is 0 Å². The van der Waals surface area contributed by atoms with Gasteiger partial charge in [0.2, 0.25) is 0 Å². The second kappa shape index (κ2) is 11.7. The maximum absolute atomic E-state index is 3.56. The molecule has 0 saturated carbocycles. The summed E-state index contributed by atoms with van der Waals surface area (Å²) < 4.78 is 0. The van der Waals surface area contributed by atoms with Crippen molar-refractivity contribution in [2.24, 2.45) is 5.92 Å². The van der Waals surface area contributed by atoms with E-state index in [2.05, 4.69) is 154 Å². The van der Waals surface area contributed by atoms with Crippen LogP contribution < -0.4 is 0 Å². The first kappa shape index (κ1) is 29.9. The van der Waals surface area contributed by atoms with Crippen molar-refractivity contribution in [1.82, 2.24) is 0 Å². The van der Waals surface area contributed by atoms with Crippen LogP contribution in [0.5, 0.6) is 0 Å². The van der Waals surface area contributed by atoms with E-state index in [1.54, 1.807) is 0 Å². The van der Waals surface area contributed by atoms with Gasteiger partial charge in [0.05, 0.1) is 0 Å². The largest absolute Gasteiger partial charge is 0.103 e. The van der Waals surface area contributed by atoms with E-state index in [4.69, 9.17) is 0 Å². The molecule has 10 aromatic carbocycles. The van der Waals surface area contributed by atoms with Gasteiger partial charge in [0.1, 0.15) is 0 Å². The molecule has 0 aliphatic carbocycles. The van der Waals surface area contributed by atoms with Gasteiger partial charge in [0, 0.05) is 0 Å². The normalized spacial score (nSPS) is 11.3. The molecule has 0 aliphatic rings. The standard InChI is InChI=1S/C20H10.C18H12.C5H10.2CH4/c1-2-12-5-6-14-9-10-15-8-7-13-4-3-11(1)16-17(12)19(14)20(15)18(13)16;1-2-8-14-13(7-1)15-9-3-4-11-17(15)18-12-6-5-10-16(14)18;1-4-5(2)3;;/h1-10H;1-12H;4-5H,1H2,2-3H3;2*1H4. The zero-order valence-corrected chi connectivity index (χ0v) is 24.6. The summed E-state index contributed by atoms with van der Waals surface area (Å²) in [5.74, 6) is 0.648. The van der Waals surface area contributed by atoms with Gasteiger partial charge in [0.15, 0.2) is 0 Å². The average molecular weight is 581 g/mol. The molecule has 0 atom stereocenters. The topological polar surface area (TPSA) is 0 Å². The van der Waals surface area contributed by atoms with Gasteiger partial charge in [-0.05, 0) is 92.1 Å². The van der Waals surface area contributed by atoms with E-state index >= 15 is 0 Å². The van der Waals surface area contributed by atoms with Crippen molar-refractivity contribution >= 4 is 86.2 Å². The molecule has 10 rings (SSSR count). The molecule has 220 valence electrons. The van der Waals surface area contributed by atoms with Crippen molar-refractivity contribution in [2.75, 3.05) is 0 Å². The summed E-state index contributed by atoms with van der Waals surface area (Å²) in [5.41, 5.74) is 0. The fourth-order valence-corrected chi connectivity index (χ4v) is 6.94. The van der Waals surface area contributed by atoms with Crippen LogP contribution in [0.15, 0.2) is 146 Å². The number of fused-ring (bicyclic) bond motifs is 6. The van der Waals surface area contributed by atoms with E-state index in [9.17, 15) is 0 Å². The van der Waals surface area contributed by atoms with Gasteiger partial charge < -0.3 is 0 Å². The van der Waals surface area contributed by atoms with Gasteiger partial charge in [-0.3, -0.25) is 0 Å². The summed E-state index contributed by atoms with van der Waals surface area (Å²) in [6, 6.07) is 48.5. The molecule has 0 nitrogen and oxygen atoms in total. The molecule has 45 heavy (non-hydrogen) atoms. The van der Waals surface area contributed by atoms with Crippen LogP contribution in [0.25, 0.3) is 86.2 Å². The van der Waals surface area contributed by atoms with Gasteiger partial charge in [-0.1, -0.05) is 168 Å². The minimum Gasteiger partial charge on any atom is -0.103 e. The van der Waals surface area contributed by atoms with Crippen molar-refractivity contribution in [3.05, 3.63) is 146 Å². The van der Waals surface area contributed by atoms with Crippen LogP contribution in [0.1, 0.15) is 28.7 Å². The third kappa shape index (κ3) is 4.61. The van der Waals surface area contributed by atoms with Crippen molar-refractivity contribution in [3.8, 4) is 0 Å². The van der Waals surface area contributed by atoms with Gasteiger partial charge >= 0.3 is 0 Å². The SMILES string of the molecule is C.C.C=CC(C)C.c1cc2ccc3ccc4ccc5ccc1c1c2c3c4c51.c1ccc2c(c1)c1ccccc1c1ccccc21. The monoisotopic (exact) mass is 580 g/mol. The maximum atomic E-state index is 3.56. The van der Waals surface area contributed by atoms with Gasteiger partial charge in [-0.2, -0.15) is 0 Å². The summed E-state index contributed by atoms with van der Waals surface area (Å²) in [5, 5.41) is 22.1. The second-order valence-corrected chi connectivity index (χ2v) is 11.9. The lowest BCUT2D eigenvalue weighted by Gasteiger charge is -2.09. The fourth-order valence-electron chi connectivity index (χ4n) is 6.94. The summed E-state index contributed by atoms with van der Waals surface area (Å²) in [4.78, 5) is 0. The molecule has 0 unspecified atom stereocenters. The van der Waals surface area contributed by atoms with E-state index < -0.39 is 0 Å². The lowest BCUT2D eigenvalue weighted by Crippen LogP contribution is -1.81. The van der Waals surface area contributed by atoms with E-state index in [1.807, 2.05) is 6.08 Å². The van der Waals surface area contributed by atoms with E-state index in [0.29, 0.717) is 5.92 Å². The Morgan fingerprint density at radius 3 is 0.644 bits per heavy atom. The molecule has 0 fully saturated rings. The Morgan fingerprint density at radius 2 is 0.511 bits per heavy atom. The number of allylic oxidation sites excluding steroid dienone is 1. The third-order valence-electron chi connectivity index (χ3n) is 9.03. The third-order valence-corrected chi connectivity index (χ3v) is 9.03. The molecule has 0 aliphatic heterocycles. The lowest BCUT2D eigenvalue weighted by molar-refractivity contribution is 0.835. The minimum absolute atomic E-state index is 0. The summed E-state index contributed by atoms with van der Waals surface area (Å²) >= 11 is 0. The van der Waals surface area contributed by atoms with E-state index in [0.717, 1.165) is 0 Å². The lowest BCUT2D eigenvalue weighted by atomic mass is 9.95. The number of rotatable bonds is 1. The number of hydrogen-bond acceptors (Lipinski definition) is 0. The van der Waals surface area contributed by atoms with Crippen molar-refractivity contribution < 1.29 is 0 Å². The molecular weight excluding hydrogens is 540 g/mol. The molecule has 10 aromatic rings. The molecule has 0 N–H and O–H groups in total.